The van der Waals surface area contributed by atoms with Gasteiger partial charge in [-0.05, 0) is 50.9 Å². The van der Waals surface area contributed by atoms with Gasteiger partial charge in [-0.15, -0.1) is 0 Å². The molecule has 0 aliphatic carbocycles. The fraction of sp³-hybridized carbons (Fsp3) is 0.526. The number of aromatic nitrogens is 3. The van der Waals surface area contributed by atoms with Crippen LogP contribution < -0.4 is 5.32 Å². The monoisotopic (exact) mass is 325 g/mol. The lowest BCUT2D eigenvalue weighted by Crippen LogP contribution is -2.35. The van der Waals surface area contributed by atoms with E-state index in [1.54, 1.807) is 6.20 Å². The van der Waals surface area contributed by atoms with E-state index in [-0.39, 0.29) is 0 Å². The van der Waals surface area contributed by atoms with E-state index in [4.69, 9.17) is 4.98 Å². The Kier molecular flexibility index (Phi) is 5.41. The molecule has 1 aliphatic heterocycles. The molecule has 1 saturated heterocycles. The van der Waals surface area contributed by atoms with E-state index in [1.165, 1.54) is 6.54 Å². The Morgan fingerprint density at radius 2 is 1.92 bits per heavy atom. The van der Waals surface area contributed by atoms with Crippen LogP contribution in [-0.2, 0) is 0 Å². The Bertz CT molecular complexity index is 662. The molecule has 5 heteroatoms. The van der Waals surface area contributed by atoms with Gasteiger partial charge in [0.15, 0.2) is 0 Å². The third-order valence-electron chi connectivity index (χ3n) is 4.43. The van der Waals surface area contributed by atoms with Gasteiger partial charge >= 0.3 is 0 Å². The molecule has 1 aliphatic rings. The molecule has 0 bridgehead atoms. The summed E-state index contributed by atoms with van der Waals surface area (Å²) in [6.45, 7) is 10.1. The van der Waals surface area contributed by atoms with Crippen molar-refractivity contribution in [1.29, 1.82) is 0 Å². The Morgan fingerprint density at radius 3 is 2.62 bits per heavy atom. The molecule has 0 aromatic carbocycles. The third-order valence-corrected chi connectivity index (χ3v) is 4.43. The summed E-state index contributed by atoms with van der Waals surface area (Å²) in [6.07, 6.45) is 6.00. The minimum absolute atomic E-state index is 0.508. The van der Waals surface area contributed by atoms with E-state index in [0.29, 0.717) is 5.92 Å². The molecular weight excluding hydrogens is 298 g/mol. The number of pyridine rings is 1. The molecule has 2 aromatic rings. The van der Waals surface area contributed by atoms with E-state index < -0.39 is 0 Å². The maximum absolute atomic E-state index is 4.78. The zero-order valence-electron chi connectivity index (χ0n) is 14.9. The van der Waals surface area contributed by atoms with Gasteiger partial charge in [0.2, 0.25) is 0 Å². The van der Waals surface area contributed by atoms with Crippen molar-refractivity contribution < 1.29 is 0 Å². The van der Waals surface area contributed by atoms with Crippen LogP contribution in [0.5, 0.6) is 0 Å². The summed E-state index contributed by atoms with van der Waals surface area (Å²) < 4.78 is 0. The first-order chi connectivity index (χ1) is 11.6. The molecule has 0 amide bonds. The van der Waals surface area contributed by atoms with Gasteiger partial charge in [0.25, 0.3) is 0 Å². The van der Waals surface area contributed by atoms with Crippen LogP contribution in [-0.4, -0.2) is 39.5 Å². The fourth-order valence-electron chi connectivity index (χ4n) is 3.31. The lowest BCUT2D eigenvalue weighted by molar-refractivity contribution is 0.191. The number of anilines is 2. The Hall–Kier alpha value is -2.01. The van der Waals surface area contributed by atoms with Crippen LogP contribution in [0, 0.1) is 12.8 Å². The highest BCUT2D eigenvalue weighted by molar-refractivity contribution is 5.50. The molecule has 0 atom stereocenters. The maximum atomic E-state index is 4.78. The van der Waals surface area contributed by atoms with E-state index >= 15 is 0 Å². The summed E-state index contributed by atoms with van der Waals surface area (Å²) in [5, 5.41) is 3.26. The number of piperidine rings is 1. The lowest BCUT2D eigenvalue weighted by atomic mass is 9.93. The van der Waals surface area contributed by atoms with Crippen LogP contribution in [0.3, 0.4) is 0 Å². The summed E-state index contributed by atoms with van der Waals surface area (Å²) in [5.41, 5.74) is 2.08. The Balaban J connectivity index is 1.63. The fourth-order valence-corrected chi connectivity index (χ4v) is 3.31. The summed E-state index contributed by atoms with van der Waals surface area (Å²) in [6, 6.07) is 5.93. The number of nitrogens with one attached hydrogen (secondary N) is 1. The Morgan fingerprint density at radius 1 is 1.12 bits per heavy atom. The number of hydrogen-bond acceptors (Lipinski definition) is 5. The first-order valence-corrected chi connectivity index (χ1v) is 8.85. The molecule has 3 rings (SSSR count). The van der Waals surface area contributed by atoms with Gasteiger partial charge in [0.05, 0.1) is 11.9 Å². The first-order valence-electron chi connectivity index (χ1n) is 8.85. The number of rotatable bonds is 5. The smallest absolute Gasteiger partial charge is 0.150 e. The van der Waals surface area contributed by atoms with Crippen molar-refractivity contribution in [3.8, 4) is 0 Å². The predicted molar refractivity (Wildman–Crippen MR) is 97.5 cm³/mol. The quantitative estimate of drug-likeness (QED) is 0.907. The van der Waals surface area contributed by atoms with Crippen molar-refractivity contribution in [2.75, 3.05) is 25.0 Å². The van der Waals surface area contributed by atoms with Crippen molar-refractivity contribution in [1.82, 2.24) is 19.9 Å². The third kappa shape index (κ3) is 4.51. The van der Waals surface area contributed by atoms with Crippen LogP contribution in [0.15, 0.2) is 30.6 Å². The van der Waals surface area contributed by atoms with Crippen LogP contribution in [0.1, 0.15) is 44.0 Å². The van der Waals surface area contributed by atoms with E-state index in [9.17, 15) is 0 Å². The molecule has 0 saturated carbocycles. The van der Waals surface area contributed by atoms with Crippen LogP contribution in [0.2, 0.25) is 0 Å². The second-order valence-electron chi connectivity index (χ2n) is 7.09. The highest BCUT2D eigenvalue weighted by atomic mass is 15.1. The van der Waals surface area contributed by atoms with Gasteiger partial charge in [-0.2, -0.15) is 0 Å². The Labute approximate surface area is 144 Å². The van der Waals surface area contributed by atoms with E-state index in [0.717, 1.165) is 54.9 Å². The SMILES string of the molecule is Cc1cccc(Nc2cncc(C3CCN(CC(C)C)CC3)n2)n1. The number of hydrogen-bond donors (Lipinski definition) is 1. The van der Waals surface area contributed by atoms with Gasteiger partial charge in [0, 0.05) is 24.4 Å². The van der Waals surface area contributed by atoms with Gasteiger partial charge < -0.3 is 10.2 Å². The second kappa shape index (κ2) is 7.71. The van der Waals surface area contributed by atoms with Crippen molar-refractivity contribution in [3.63, 3.8) is 0 Å². The second-order valence-corrected chi connectivity index (χ2v) is 7.09. The molecule has 128 valence electrons. The zero-order valence-corrected chi connectivity index (χ0v) is 14.9. The minimum Gasteiger partial charge on any atom is -0.324 e. The molecule has 0 radical (unpaired) electrons. The zero-order chi connectivity index (χ0) is 16.9. The van der Waals surface area contributed by atoms with Crippen LogP contribution >= 0.6 is 0 Å². The van der Waals surface area contributed by atoms with Crippen LogP contribution in [0.4, 0.5) is 11.6 Å². The normalized spacial score (nSPS) is 16.5. The molecule has 0 unspecified atom stereocenters. The first kappa shape index (κ1) is 16.8. The van der Waals surface area contributed by atoms with Gasteiger partial charge in [-0.1, -0.05) is 19.9 Å². The van der Waals surface area contributed by atoms with Gasteiger partial charge in [0.1, 0.15) is 11.6 Å². The summed E-state index contributed by atoms with van der Waals surface area (Å²) in [4.78, 5) is 16.2. The minimum atomic E-state index is 0.508. The van der Waals surface area contributed by atoms with Crippen molar-refractivity contribution in [2.24, 2.45) is 5.92 Å². The van der Waals surface area contributed by atoms with Crippen molar-refractivity contribution in [2.45, 2.75) is 39.5 Å². The molecule has 24 heavy (non-hydrogen) atoms. The molecule has 1 N–H and O–H groups in total. The number of nitrogens with zero attached hydrogens (tertiary/aromatic N) is 4. The summed E-state index contributed by atoms with van der Waals surface area (Å²) in [5.74, 6) is 2.83. The largest absolute Gasteiger partial charge is 0.324 e. The van der Waals surface area contributed by atoms with Crippen molar-refractivity contribution in [3.05, 3.63) is 42.0 Å². The van der Waals surface area contributed by atoms with E-state index in [2.05, 4.69) is 34.0 Å². The average molecular weight is 325 g/mol. The predicted octanol–water partition coefficient (Wildman–Crippen LogP) is 3.76. The van der Waals surface area contributed by atoms with Gasteiger partial charge in [-0.3, -0.25) is 4.98 Å². The topological polar surface area (TPSA) is 53.9 Å². The van der Waals surface area contributed by atoms with E-state index in [1.807, 2.05) is 31.3 Å². The summed E-state index contributed by atoms with van der Waals surface area (Å²) in [7, 11) is 0. The maximum Gasteiger partial charge on any atom is 0.150 e. The average Bonchev–Trinajstić information content (AvgIpc) is 2.55. The molecule has 3 heterocycles. The molecule has 2 aromatic heterocycles. The van der Waals surface area contributed by atoms with Crippen LogP contribution in [0.25, 0.3) is 0 Å². The lowest BCUT2D eigenvalue weighted by Gasteiger charge is -2.32. The molecular formula is C19H27N5. The van der Waals surface area contributed by atoms with Crippen molar-refractivity contribution >= 4 is 11.6 Å². The molecule has 1 fully saturated rings. The highest BCUT2D eigenvalue weighted by Crippen LogP contribution is 2.27. The highest BCUT2D eigenvalue weighted by Gasteiger charge is 2.22. The summed E-state index contributed by atoms with van der Waals surface area (Å²) >= 11 is 0. The standard InChI is InChI=1S/C19H27N5/c1-14(2)13-24-9-7-16(8-10-24)17-11-20-12-19(22-17)23-18-6-4-5-15(3)21-18/h4-6,11-12,14,16H,7-10,13H2,1-3H3,(H,21,22,23). The molecule has 0 spiro atoms. The number of likely N-dealkylation sites (tertiary alicyclic amines) is 1. The molecule has 5 nitrogen and oxygen atoms in total. The number of aryl methyl sites for hydroxylation is 1. The van der Waals surface area contributed by atoms with Gasteiger partial charge in [-0.25, -0.2) is 9.97 Å².